The number of nitrogens with zero attached hydrogens (tertiary/aromatic N) is 2. The van der Waals surface area contributed by atoms with E-state index in [0.29, 0.717) is 12.2 Å². The Morgan fingerprint density at radius 2 is 1.47 bits per heavy atom. The van der Waals surface area contributed by atoms with Gasteiger partial charge in [-0.25, -0.2) is 0 Å². The van der Waals surface area contributed by atoms with Crippen LogP contribution in [0.3, 0.4) is 0 Å². The zero-order valence-corrected chi connectivity index (χ0v) is 28.9. The summed E-state index contributed by atoms with van der Waals surface area (Å²) < 4.78 is 21.9. The third-order valence-electron chi connectivity index (χ3n) is 8.39. The van der Waals surface area contributed by atoms with Crippen LogP contribution in [0.5, 0.6) is 0 Å². The van der Waals surface area contributed by atoms with Crippen LogP contribution in [0.15, 0.2) is 108 Å². The zero-order chi connectivity index (χ0) is 31.8. The predicted molar refractivity (Wildman–Crippen MR) is 179 cm³/mol. The number of hydrogen-bond acceptors (Lipinski definition) is 6. The van der Waals surface area contributed by atoms with Crippen molar-refractivity contribution in [2.75, 3.05) is 11.9 Å². The van der Waals surface area contributed by atoms with Gasteiger partial charge < -0.3 is 0 Å². The summed E-state index contributed by atoms with van der Waals surface area (Å²) in [4.78, 5) is 30.1. The SMILES string of the molecule is CC1(C)O[C@@H]2[C@H](O1)[C@@H](CO[Si](c1ccccc1)(c1ccccc1)C(C)(C)C)[Se][C@H]2n1ccc(NC(=O)c2ccccc2)nc1=O. The van der Waals surface area contributed by atoms with E-state index in [-0.39, 0.29) is 53.7 Å². The van der Waals surface area contributed by atoms with Gasteiger partial charge >= 0.3 is 272 Å². The zero-order valence-electron chi connectivity index (χ0n) is 26.2. The summed E-state index contributed by atoms with van der Waals surface area (Å²) in [6.45, 7) is 11.1. The Kier molecular flexibility index (Phi) is 8.73. The number of fused-ring (bicyclic) bond motifs is 1. The van der Waals surface area contributed by atoms with E-state index >= 15 is 0 Å². The van der Waals surface area contributed by atoms with Gasteiger partial charge in [-0.15, -0.1) is 0 Å². The monoisotopic (exact) mass is 689 g/mol. The number of benzene rings is 3. The van der Waals surface area contributed by atoms with E-state index < -0.39 is 19.8 Å². The molecular formula is C35H39N3O5SeSi. The van der Waals surface area contributed by atoms with Crippen molar-refractivity contribution in [2.24, 2.45) is 0 Å². The molecule has 0 unspecified atom stereocenters. The van der Waals surface area contributed by atoms with Crippen LogP contribution in [-0.4, -0.2) is 63.3 Å². The standard InChI is InChI=1S/C35H39N3O5SeSi/c1-34(2,3)45(25-17-11-7-12-18-25,26-19-13-8-14-20-26)41-23-27-29-30(43-35(4,5)42-29)32(44-27)38-22-21-28(37-33(38)40)36-31(39)24-15-9-6-10-16-24/h6-22,27,29-30,32H,23H2,1-5H3,(H,36,37,39,40)/t27-,29-,30-,32-/m1/s1. The van der Waals surface area contributed by atoms with E-state index in [2.05, 4.69) is 79.6 Å². The fourth-order valence-electron chi connectivity index (χ4n) is 6.44. The summed E-state index contributed by atoms with van der Waals surface area (Å²) in [5.74, 6) is -0.900. The molecule has 2 aliphatic rings. The van der Waals surface area contributed by atoms with Crippen LogP contribution in [0.1, 0.15) is 49.9 Å². The van der Waals surface area contributed by atoms with Crippen molar-refractivity contribution < 1.29 is 18.7 Å². The number of carbonyl (C=O) groups is 1. The van der Waals surface area contributed by atoms with Gasteiger partial charge in [-0.1, -0.05) is 0 Å². The number of rotatable bonds is 8. The molecule has 0 radical (unpaired) electrons. The predicted octanol–water partition coefficient (Wildman–Crippen LogP) is 4.60. The number of aromatic nitrogens is 2. The maximum atomic E-state index is 13.4. The van der Waals surface area contributed by atoms with Crippen molar-refractivity contribution in [3.8, 4) is 0 Å². The number of nitrogens with one attached hydrogen (secondary N) is 1. The van der Waals surface area contributed by atoms with Gasteiger partial charge in [0.05, 0.1) is 0 Å². The van der Waals surface area contributed by atoms with E-state index in [1.54, 1.807) is 41.1 Å². The van der Waals surface area contributed by atoms with E-state index in [1.807, 2.05) is 32.0 Å². The van der Waals surface area contributed by atoms with Gasteiger partial charge in [0, 0.05) is 0 Å². The Morgan fingerprint density at radius 1 is 0.911 bits per heavy atom. The summed E-state index contributed by atoms with van der Waals surface area (Å²) >= 11 is -0.114. The molecule has 1 aromatic heterocycles. The molecule has 3 heterocycles. The van der Waals surface area contributed by atoms with E-state index in [0.717, 1.165) is 0 Å². The second kappa shape index (κ2) is 12.4. The minimum absolute atomic E-state index is 0.0419. The first-order valence-electron chi connectivity index (χ1n) is 15.2. The van der Waals surface area contributed by atoms with Crippen LogP contribution in [0.25, 0.3) is 0 Å². The molecule has 3 aromatic carbocycles. The Bertz CT molecular complexity index is 1660. The third-order valence-corrected chi connectivity index (χ3v) is 16.6. The summed E-state index contributed by atoms with van der Waals surface area (Å²) in [6, 6.07) is 31.7. The van der Waals surface area contributed by atoms with Crippen LogP contribution in [0.2, 0.25) is 9.85 Å². The van der Waals surface area contributed by atoms with Crippen LogP contribution >= 0.6 is 0 Å². The van der Waals surface area contributed by atoms with Crippen molar-refractivity contribution in [1.82, 2.24) is 9.55 Å². The van der Waals surface area contributed by atoms with Crippen LogP contribution in [0, 0.1) is 0 Å². The molecule has 2 fully saturated rings. The average Bonchev–Trinajstić information content (AvgIpc) is 3.51. The van der Waals surface area contributed by atoms with Crippen molar-refractivity contribution in [1.29, 1.82) is 0 Å². The number of ether oxygens (including phenoxy) is 2. The van der Waals surface area contributed by atoms with Gasteiger partial charge in [-0.3, -0.25) is 0 Å². The molecule has 0 saturated carbocycles. The molecule has 8 nitrogen and oxygen atoms in total. The molecule has 2 aliphatic heterocycles. The van der Waals surface area contributed by atoms with Crippen molar-refractivity contribution in [3.63, 3.8) is 0 Å². The molecule has 45 heavy (non-hydrogen) atoms. The Hall–Kier alpha value is -3.37. The first-order chi connectivity index (χ1) is 21.5. The topological polar surface area (TPSA) is 91.7 Å². The van der Waals surface area contributed by atoms with Crippen LogP contribution in [-0.2, 0) is 13.9 Å². The maximum absolute atomic E-state index is 13.4. The number of carbonyl (C=O) groups excluding carboxylic acids is 1. The van der Waals surface area contributed by atoms with Gasteiger partial charge in [0.25, 0.3) is 0 Å². The molecule has 0 aliphatic carbocycles. The summed E-state index contributed by atoms with van der Waals surface area (Å²) in [5, 5.41) is 5.02. The van der Waals surface area contributed by atoms with Gasteiger partial charge in [-0.05, 0) is 0 Å². The number of amides is 1. The van der Waals surface area contributed by atoms with Gasteiger partial charge in [-0.2, -0.15) is 0 Å². The first-order valence-corrected chi connectivity index (χ1v) is 19.1. The van der Waals surface area contributed by atoms with Gasteiger partial charge in [0.2, 0.25) is 0 Å². The van der Waals surface area contributed by atoms with Crippen LogP contribution in [0.4, 0.5) is 5.82 Å². The Labute approximate surface area is 271 Å². The van der Waals surface area contributed by atoms with Gasteiger partial charge in [0.15, 0.2) is 0 Å². The Morgan fingerprint density at radius 3 is 2.02 bits per heavy atom. The van der Waals surface area contributed by atoms with Gasteiger partial charge in [0.1, 0.15) is 0 Å². The molecule has 0 bridgehead atoms. The van der Waals surface area contributed by atoms with Crippen molar-refractivity contribution in [2.45, 2.75) is 67.4 Å². The molecular weight excluding hydrogens is 649 g/mol. The molecule has 0 spiro atoms. The number of anilines is 1. The van der Waals surface area contributed by atoms with E-state index in [4.69, 9.17) is 13.9 Å². The molecule has 4 aromatic rings. The molecule has 6 rings (SSSR count). The Balaban J connectivity index is 1.29. The fraction of sp³-hybridized carbons (Fsp3) is 0.343. The summed E-state index contributed by atoms with van der Waals surface area (Å²) in [6.07, 6.45) is 1.16. The fourth-order valence-corrected chi connectivity index (χ4v) is 14.5. The molecule has 4 atom stereocenters. The van der Waals surface area contributed by atoms with E-state index in [9.17, 15) is 9.59 Å². The minimum atomic E-state index is -2.77. The van der Waals surface area contributed by atoms with Crippen LogP contribution < -0.4 is 21.4 Å². The second-order valence-electron chi connectivity index (χ2n) is 12.9. The molecule has 234 valence electrons. The normalized spacial score (nSPS) is 22.6. The summed E-state index contributed by atoms with van der Waals surface area (Å²) in [5.41, 5.74) is 0.0567. The first kappa shape index (κ1) is 31.6. The molecule has 2 saturated heterocycles. The molecule has 1 N–H and O–H groups in total. The summed E-state index contributed by atoms with van der Waals surface area (Å²) in [7, 11) is -2.77. The van der Waals surface area contributed by atoms with E-state index in [1.165, 1.54) is 10.4 Å². The van der Waals surface area contributed by atoms with Crippen molar-refractivity contribution >= 4 is 45.4 Å². The quantitative estimate of drug-likeness (QED) is 0.273. The number of hydrogen-bond donors (Lipinski definition) is 1. The molecule has 1 amide bonds. The average molecular weight is 689 g/mol. The second-order valence-corrected chi connectivity index (χ2v) is 20.1. The molecule has 10 heteroatoms. The third kappa shape index (κ3) is 6.23. The van der Waals surface area contributed by atoms with Crippen molar-refractivity contribution in [3.05, 3.63) is 119 Å².